The number of hydrogen-bond acceptors (Lipinski definition) is 3. The van der Waals surface area contributed by atoms with Crippen LogP contribution in [0.25, 0.3) is 75.8 Å². The van der Waals surface area contributed by atoms with Crippen molar-refractivity contribution >= 4 is 110 Å². The molecule has 0 unspecified atom stereocenters. The lowest BCUT2D eigenvalue weighted by Crippen LogP contribution is -2.60. The van der Waals surface area contributed by atoms with Gasteiger partial charge in [0.1, 0.15) is 0 Å². The summed E-state index contributed by atoms with van der Waals surface area (Å²) in [5.41, 5.74) is 23.7. The lowest BCUT2D eigenvalue weighted by Gasteiger charge is -2.44. The average molecular weight is 1120 g/mol. The third-order valence-corrected chi connectivity index (χ3v) is 19.9. The standard InChI is InChI=1S/C81H77BN2S/c1-49(2)50-30-39-58(40-31-50)83-71-24-19-25-72-75(71)82(77-76(83)68-46-57(81(12,13)14)38-43-74(68)85-77)69-47-64(51-26-33-54(34-27-51)78(3,4)5)65(52-28-35-55(36-29-52)79(6,7)8)48-73(69)84(72)70-42-37-56(80(9,10)11)45-66(70)53-32-41-63-61-22-16-15-20-59(61)60-21-17-18-23-62(60)67(63)44-53/h15-49H,1-14H3. The second-order valence-corrected chi connectivity index (χ2v) is 29.9. The Bertz CT molecular complexity index is 4610. The summed E-state index contributed by atoms with van der Waals surface area (Å²) in [5, 5.41) is 8.98. The molecule has 0 fully saturated rings. The van der Waals surface area contributed by atoms with Crippen molar-refractivity contribution in [1.82, 2.24) is 0 Å². The Morgan fingerprint density at radius 1 is 0.353 bits per heavy atom. The molecule has 1 aromatic heterocycles. The summed E-state index contributed by atoms with van der Waals surface area (Å²) in [4.78, 5) is 5.30. The van der Waals surface area contributed by atoms with Gasteiger partial charge in [-0.1, -0.05) is 243 Å². The predicted molar refractivity (Wildman–Crippen MR) is 374 cm³/mol. The molecular weight excluding hydrogens is 1040 g/mol. The fourth-order valence-corrected chi connectivity index (χ4v) is 15.0. The molecule has 11 aromatic carbocycles. The summed E-state index contributed by atoms with van der Waals surface area (Å²) in [5.74, 6) is 0.418. The molecular formula is C81H77BN2S. The maximum Gasteiger partial charge on any atom is 0.264 e. The van der Waals surface area contributed by atoms with E-state index in [-0.39, 0.29) is 28.4 Å². The molecule has 0 radical (unpaired) electrons. The largest absolute Gasteiger partial charge is 0.311 e. The average Bonchev–Trinajstić information content (AvgIpc) is 1.70. The number of nitrogens with zero attached hydrogens (tertiary/aromatic N) is 2. The highest BCUT2D eigenvalue weighted by atomic mass is 32.1. The van der Waals surface area contributed by atoms with E-state index in [1.165, 1.54) is 148 Å². The first kappa shape index (κ1) is 54.7. The van der Waals surface area contributed by atoms with Gasteiger partial charge in [-0.3, -0.25) is 0 Å². The first-order chi connectivity index (χ1) is 40.5. The van der Waals surface area contributed by atoms with Crippen molar-refractivity contribution in [1.29, 1.82) is 0 Å². The first-order valence-electron chi connectivity index (χ1n) is 30.8. The van der Waals surface area contributed by atoms with Gasteiger partial charge in [0.15, 0.2) is 0 Å². The predicted octanol–water partition coefficient (Wildman–Crippen LogP) is 21.8. The van der Waals surface area contributed by atoms with Crippen LogP contribution in [-0.4, -0.2) is 6.71 Å². The minimum absolute atomic E-state index is 0.0108. The third-order valence-electron chi connectivity index (χ3n) is 18.7. The van der Waals surface area contributed by atoms with Gasteiger partial charge >= 0.3 is 0 Å². The van der Waals surface area contributed by atoms with E-state index in [1.54, 1.807) is 0 Å². The Hall–Kier alpha value is -8.18. The zero-order valence-corrected chi connectivity index (χ0v) is 52.9. The van der Waals surface area contributed by atoms with Gasteiger partial charge < -0.3 is 9.80 Å². The lowest BCUT2D eigenvalue weighted by molar-refractivity contribution is 0.590. The van der Waals surface area contributed by atoms with Gasteiger partial charge in [0.25, 0.3) is 6.71 Å². The van der Waals surface area contributed by atoms with E-state index in [0.29, 0.717) is 5.92 Å². The Labute approximate surface area is 508 Å². The fourth-order valence-electron chi connectivity index (χ4n) is 13.7. The van der Waals surface area contributed by atoms with Crippen LogP contribution in [0.5, 0.6) is 0 Å². The molecule has 4 heteroatoms. The molecule has 14 rings (SSSR count). The Kier molecular flexibility index (Phi) is 12.7. The van der Waals surface area contributed by atoms with Crippen molar-refractivity contribution in [3.8, 4) is 33.4 Å². The normalized spacial score (nSPS) is 13.6. The molecule has 0 N–H and O–H groups in total. The van der Waals surface area contributed by atoms with E-state index in [0.717, 1.165) is 5.69 Å². The SMILES string of the molecule is CC(C)c1ccc(N2c3cccc4c3B(c3cc(-c5ccc(C(C)(C)C)cc5)c(-c5ccc(C(C)(C)C)cc5)cc3N4c3ccc(C(C)(C)C)cc3-c3ccc4c5ccccc5c5ccccc5c4c3)c3sc4ccc(C(C)(C)C)cc4c32)cc1. The van der Waals surface area contributed by atoms with Crippen LogP contribution in [0.3, 0.4) is 0 Å². The molecule has 0 amide bonds. The van der Waals surface area contributed by atoms with Crippen LogP contribution in [0.4, 0.5) is 34.1 Å². The van der Waals surface area contributed by atoms with Gasteiger partial charge in [0, 0.05) is 43.2 Å². The molecule has 420 valence electrons. The summed E-state index contributed by atoms with van der Waals surface area (Å²) >= 11 is 1.98. The van der Waals surface area contributed by atoms with Crippen LogP contribution in [0.1, 0.15) is 131 Å². The number of fused-ring (bicyclic) bond motifs is 12. The number of thiophene rings is 1. The molecule has 12 aromatic rings. The molecule has 2 nitrogen and oxygen atoms in total. The van der Waals surface area contributed by atoms with E-state index in [2.05, 4.69) is 313 Å². The van der Waals surface area contributed by atoms with Crippen molar-refractivity contribution in [2.45, 2.75) is 125 Å². The Morgan fingerprint density at radius 2 is 0.835 bits per heavy atom. The maximum absolute atomic E-state index is 2.67. The van der Waals surface area contributed by atoms with Crippen molar-refractivity contribution < 1.29 is 0 Å². The highest BCUT2D eigenvalue weighted by Gasteiger charge is 2.46. The lowest BCUT2D eigenvalue weighted by atomic mass is 9.36. The topological polar surface area (TPSA) is 6.48 Å². The highest BCUT2D eigenvalue weighted by Crippen LogP contribution is 2.52. The van der Waals surface area contributed by atoms with Crippen molar-refractivity contribution in [3.63, 3.8) is 0 Å². The van der Waals surface area contributed by atoms with Gasteiger partial charge in [-0.2, -0.15) is 0 Å². The minimum Gasteiger partial charge on any atom is -0.311 e. The fraction of sp³-hybridized carbons (Fsp3) is 0.235. The maximum atomic E-state index is 2.67. The number of anilines is 6. The number of rotatable bonds is 6. The van der Waals surface area contributed by atoms with Crippen LogP contribution in [-0.2, 0) is 21.7 Å². The zero-order chi connectivity index (χ0) is 59.2. The van der Waals surface area contributed by atoms with Gasteiger partial charge in [0.2, 0.25) is 0 Å². The zero-order valence-electron chi connectivity index (χ0n) is 52.1. The molecule has 2 aliphatic rings. The summed E-state index contributed by atoms with van der Waals surface area (Å²) < 4.78 is 2.69. The van der Waals surface area contributed by atoms with E-state index < -0.39 is 0 Å². The Balaban J connectivity index is 1.11. The van der Waals surface area contributed by atoms with Crippen molar-refractivity contribution in [3.05, 3.63) is 234 Å². The number of benzene rings is 11. The molecule has 0 aliphatic carbocycles. The second-order valence-electron chi connectivity index (χ2n) is 28.8. The molecule has 0 bridgehead atoms. The summed E-state index contributed by atoms with van der Waals surface area (Å²) in [6.45, 7) is 32.5. The summed E-state index contributed by atoms with van der Waals surface area (Å²) in [6, 6.07) is 80.6. The van der Waals surface area contributed by atoms with Gasteiger partial charge in [-0.25, -0.2) is 0 Å². The Morgan fingerprint density at radius 3 is 1.39 bits per heavy atom. The summed E-state index contributed by atoms with van der Waals surface area (Å²) in [6.07, 6.45) is 0. The molecule has 3 heterocycles. The van der Waals surface area contributed by atoms with E-state index in [9.17, 15) is 0 Å². The van der Waals surface area contributed by atoms with Gasteiger partial charge in [-0.15, -0.1) is 11.3 Å². The monoisotopic (exact) mass is 1120 g/mol. The molecule has 0 saturated carbocycles. The van der Waals surface area contributed by atoms with Crippen LogP contribution in [0.15, 0.2) is 206 Å². The molecule has 0 spiro atoms. The van der Waals surface area contributed by atoms with E-state index in [4.69, 9.17) is 0 Å². The van der Waals surface area contributed by atoms with Crippen molar-refractivity contribution in [2.75, 3.05) is 9.80 Å². The minimum atomic E-state index is -0.107. The van der Waals surface area contributed by atoms with Gasteiger partial charge in [-0.05, 0) is 187 Å². The second kappa shape index (κ2) is 19.7. The van der Waals surface area contributed by atoms with Crippen LogP contribution in [0.2, 0.25) is 0 Å². The smallest absolute Gasteiger partial charge is 0.264 e. The van der Waals surface area contributed by atoms with E-state index in [1.807, 2.05) is 11.3 Å². The number of hydrogen-bond donors (Lipinski definition) is 0. The third kappa shape index (κ3) is 9.12. The van der Waals surface area contributed by atoms with Crippen LogP contribution >= 0.6 is 11.3 Å². The van der Waals surface area contributed by atoms with Crippen molar-refractivity contribution in [2.24, 2.45) is 0 Å². The summed E-state index contributed by atoms with van der Waals surface area (Å²) in [7, 11) is 0. The molecule has 85 heavy (non-hydrogen) atoms. The van der Waals surface area contributed by atoms with Crippen LogP contribution < -0.4 is 25.5 Å². The van der Waals surface area contributed by atoms with Gasteiger partial charge in [0.05, 0.1) is 11.4 Å². The first-order valence-corrected chi connectivity index (χ1v) is 31.6. The van der Waals surface area contributed by atoms with Crippen LogP contribution in [0, 0.1) is 0 Å². The van der Waals surface area contributed by atoms with E-state index >= 15 is 0 Å². The quantitative estimate of drug-likeness (QED) is 0.121. The molecule has 0 saturated heterocycles. The molecule has 0 atom stereocenters. The highest BCUT2D eigenvalue weighted by molar-refractivity contribution is 7.33. The molecule has 2 aliphatic heterocycles.